The lowest BCUT2D eigenvalue weighted by Gasteiger charge is -2.20. The van der Waals surface area contributed by atoms with Crippen molar-refractivity contribution < 1.29 is 4.79 Å². The zero-order valence-corrected chi connectivity index (χ0v) is 11.8. The van der Waals surface area contributed by atoms with Crippen LogP contribution in [0, 0.1) is 11.3 Å². The number of aromatic nitrogens is 2. The highest BCUT2D eigenvalue weighted by atomic mass is 35.5. The standard InChI is InChI=1S/C12H15Cl2N3O/c1-7(2)12(3-4-12)6-15-11(18)8-5-9(13)16-17-10(8)14/h5,7H,3-4,6H2,1-2H3,(H,15,18). The molecule has 1 fully saturated rings. The molecule has 6 heteroatoms. The van der Waals surface area contributed by atoms with E-state index in [0.29, 0.717) is 12.5 Å². The molecule has 1 N–H and O–H groups in total. The van der Waals surface area contributed by atoms with Gasteiger partial charge in [-0.05, 0) is 30.2 Å². The van der Waals surface area contributed by atoms with Crippen LogP contribution in [-0.2, 0) is 0 Å². The maximum atomic E-state index is 12.0. The molecular formula is C12H15Cl2N3O. The van der Waals surface area contributed by atoms with Crippen molar-refractivity contribution in [2.75, 3.05) is 6.54 Å². The molecular weight excluding hydrogens is 273 g/mol. The fourth-order valence-electron chi connectivity index (χ4n) is 1.98. The average molecular weight is 288 g/mol. The normalized spacial score (nSPS) is 16.7. The lowest BCUT2D eigenvalue weighted by molar-refractivity contribution is 0.0939. The molecule has 98 valence electrons. The summed E-state index contributed by atoms with van der Waals surface area (Å²) in [4.78, 5) is 12.0. The van der Waals surface area contributed by atoms with Gasteiger partial charge in [0.15, 0.2) is 10.3 Å². The number of carbonyl (C=O) groups is 1. The molecule has 1 aromatic heterocycles. The SMILES string of the molecule is CC(C)C1(CNC(=O)c2cc(Cl)nnc2Cl)CC1. The number of rotatable bonds is 4. The molecule has 18 heavy (non-hydrogen) atoms. The van der Waals surface area contributed by atoms with E-state index in [4.69, 9.17) is 23.2 Å². The van der Waals surface area contributed by atoms with Crippen molar-refractivity contribution in [2.24, 2.45) is 11.3 Å². The first-order valence-corrected chi connectivity index (χ1v) is 6.67. The van der Waals surface area contributed by atoms with Gasteiger partial charge in [0.25, 0.3) is 5.91 Å². The van der Waals surface area contributed by atoms with E-state index in [2.05, 4.69) is 29.4 Å². The molecule has 1 aliphatic carbocycles. The molecule has 1 aromatic rings. The Kier molecular flexibility index (Phi) is 3.78. The van der Waals surface area contributed by atoms with Gasteiger partial charge >= 0.3 is 0 Å². The molecule has 1 heterocycles. The molecule has 0 unspecified atom stereocenters. The van der Waals surface area contributed by atoms with E-state index in [9.17, 15) is 4.79 Å². The third-order valence-corrected chi connectivity index (χ3v) is 4.15. The number of nitrogens with one attached hydrogen (secondary N) is 1. The first-order chi connectivity index (χ1) is 8.44. The monoisotopic (exact) mass is 287 g/mol. The summed E-state index contributed by atoms with van der Waals surface area (Å²) in [6.45, 7) is 5.02. The summed E-state index contributed by atoms with van der Waals surface area (Å²) in [5.41, 5.74) is 0.531. The maximum absolute atomic E-state index is 12.0. The van der Waals surface area contributed by atoms with Gasteiger partial charge in [0.1, 0.15) is 0 Å². The summed E-state index contributed by atoms with van der Waals surface area (Å²) < 4.78 is 0. The number of nitrogens with zero attached hydrogens (tertiary/aromatic N) is 2. The molecule has 0 radical (unpaired) electrons. The summed E-state index contributed by atoms with van der Waals surface area (Å²) >= 11 is 11.5. The smallest absolute Gasteiger partial charge is 0.254 e. The molecule has 0 saturated heterocycles. The van der Waals surface area contributed by atoms with Gasteiger partial charge in [0.2, 0.25) is 0 Å². The number of hydrogen-bond donors (Lipinski definition) is 1. The predicted molar refractivity (Wildman–Crippen MR) is 70.9 cm³/mol. The van der Waals surface area contributed by atoms with Crippen molar-refractivity contribution in [1.29, 1.82) is 0 Å². The Morgan fingerprint density at radius 3 is 2.67 bits per heavy atom. The first kappa shape index (κ1) is 13.6. The molecule has 0 spiro atoms. The topological polar surface area (TPSA) is 54.9 Å². The summed E-state index contributed by atoms with van der Waals surface area (Å²) in [5, 5.41) is 10.3. The van der Waals surface area contributed by atoms with E-state index in [-0.39, 0.29) is 27.2 Å². The number of hydrogen-bond acceptors (Lipinski definition) is 3. The fraction of sp³-hybridized carbons (Fsp3) is 0.583. The van der Waals surface area contributed by atoms with E-state index < -0.39 is 0 Å². The minimum Gasteiger partial charge on any atom is -0.351 e. The predicted octanol–water partition coefficient (Wildman–Crippen LogP) is 2.95. The van der Waals surface area contributed by atoms with E-state index in [0.717, 1.165) is 12.8 Å². The minimum absolute atomic E-state index is 0.0753. The Balaban J connectivity index is 2.02. The Labute approximate surface area is 116 Å². The Hall–Kier alpha value is -0.870. The zero-order chi connectivity index (χ0) is 13.3. The lowest BCUT2D eigenvalue weighted by Crippen LogP contribution is -2.32. The Morgan fingerprint density at radius 1 is 1.44 bits per heavy atom. The highest BCUT2D eigenvalue weighted by Gasteiger charge is 2.45. The summed E-state index contributed by atoms with van der Waals surface area (Å²) in [7, 11) is 0. The van der Waals surface area contributed by atoms with Crippen LogP contribution in [0.5, 0.6) is 0 Å². The number of amides is 1. The third kappa shape index (κ3) is 2.75. The van der Waals surface area contributed by atoms with Crippen LogP contribution in [0.1, 0.15) is 37.0 Å². The Morgan fingerprint density at radius 2 is 2.11 bits per heavy atom. The van der Waals surface area contributed by atoms with Gasteiger partial charge in [0, 0.05) is 6.54 Å². The van der Waals surface area contributed by atoms with Crippen molar-refractivity contribution >= 4 is 29.1 Å². The largest absolute Gasteiger partial charge is 0.351 e. The van der Waals surface area contributed by atoms with Crippen molar-refractivity contribution in [3.05, 3.63) is 21.9 Å². The van der Waals surface area contributed by atoms with Crippen LogP contribution in [0.4, 0.5) is 0 Å². The molecule has 1 amide bonds. The van der Waals surface area contributed by atoms with Crippen molar-refractivity contribution in [3.63, 3.8) is 0 Å². The third-order valence-electron chi connectivity index (χ3n) is 3.68. The van der Waals surface area contributed by atoms with E-state index in [1.165, 1.54) is 6.07 Å². The summed E-state index contributed by atoms with van der Waals surface area (Å²) in [6.07, 6.45) is 2.32. The van der Waals surface area contributed by atoms with Crippen LogP contribution in [0.2, 0.25) is 10.3 Å². The highest BCUT2D eigenvalue weighted by molar-refractivity contribution is 6.34. The second kappa shape index (κ2) is 5.02. The molecule has 1 saturated carbocycles. The van der Waals surface area contributed by atoms with Crippen LogP contribution in [-0.4, -0.2) is 22.6 Å². The molecule has 0 aromatic carbocycles. The van der Waals surface area contributed by atoms with Crippen LogP contribution in [0.15, 0.2) is 6.07 Å². The zero-order valence-electron chi connectivity index (χ0n) is 10.3. The molecule has 1 aliphatic rings. The van der Waals surface area contributed by atoms with Crippen LogP contribution in [0.3, 0.4) is 0 Å². The van der Waals surface area contributed by atoms with Crippen molar-refractivity contribution in [2.45, 2.75) is 26.7 Å². The van der Waals surface area contributed by atoms with Crippen LogP contribution >= 0.6 is 23.2 Å². The maximum Gasteiger partial charge on any atom is 0.254 e. The van der Waals surface area contributed by atoms with E-state index in [1.807, 2.05) is 0 Å². The van der Waals surface area contributed by atoms with Gasteiger partial charge in [-0.3, -0.25) is 4.79 Å². The molecule has 0 bridgehead atoms. The number of halogens is 2. The van der Waals surface area contributed by atoms with E-state index in [1.54, 1.807) is 0 Å². The highest BCUT2D eigenvalue weighted by Crippen LogP contribution is 2.51. The van der Waals surface area contributed by atoms with E-state index >= 15 is 0 Å². The minimum atomic E-state index is -0.247. The summed E-state index contributed by atoms with van der Waals surface area (Å²) in [5.74, 6) is 0.316. The van der Waals surface area contributed by atoms with Gasteiger partial charge in [-0.15, -0.1) is 10.2 Å². The lowest BCUT2D eigenvalue weighted by atomic mass is 9.92. The van der Waals surface area contributed by atoms with Crippen molar-refractivity contribution in [3.8, 4) is 0 Å². The second-order valence-electron chi connectivity index (χ2n) is 5.07. The first-order valence-electron chi connectivity index (χ1n) is 5.91. The van der Waals surface area contributed by atoms with Gasteiger partial charge in [-0.25, -0.2) is 0 Å². The van der Waals surface area contributed by atoms with Gasteiger partial charge in [-0.1, -0.05) is 37.0 Å². The van der Waals surface area contributed by atoms with Crippen LogP contribution in [0.25, 0.3) is 0 Å². The molecule has 2 rings (SSSR count). The van der Waals surface area contributed by atoms with Crippen molar-refractivity contribution in [1.82, 2.24) is 15.5 Å². The quantitative estimate of drug-likeness (QED) is 0.926. The molecule has 0 atom stereocenters. The summed E-state index contributed by atoms with van der Waals surface area (Å²) in [6, 6.07) is 1.43. The van der Waals surface area contributed by atoms with Gasteiger partial charge in [-0.2, -0.15) is 0 Å². The average Bonchev–Trinajstić information content (AvgIpc) is 3.10. The number of carbonyl (C=O) groups excluding carboxylic acids is 1. The molecule has 4 nitrogen and oxygen atoms in total. The Bertz CT molecular complexity index is 472. The molecule has 0 aliphatic heterocycles. The second-order valence-corrected chi connectivity index (χ2v) is 5.82. The fourth-order valence-corrected chi connectivity index (χ4v) is 2.31. The van der Waals surface area contributed by atoms with Gasteiger partial charge < -0.3 is 5.32 Å². The van der Waals surface area contributed by atoms with Gasteiger partial charge in [0.05, 0.1) is 5.56 Å². The van der Waals surface area contributed by atoms with Crippen LogP contribution < -0.4 is 5.32 Å².